The summed E-state index contributed by atoms with van der Waals surface area (Å²) in [7, 11) is 1.66. The van der Waals surface area contributed by atoms with E-state index in [4.69, 9.17) is 16.3 Å². The third-order valence-corrected chi connectivity index (χ3v) is 4.55. The van der Waals surface area contributed by atoms with Gasteiger partial charge in [-0.05, 0) is 59.0 Å². The minimum absolute atomic E-state index is 0.0364. The van der Waals surface area contributed by atoms with Gasteiger partial charge in [0.1, 0.15) is 11.4 Å². The van der Waals surface area contributed by atoms with Crippen LogP contribution < -0.4 is 10.1 Å². The zero-order valence-corrected chi connectivity index (χ0v) is 14.3. The molecule has 0 saturated carbocycles. The van der Waals surface area contributed by atoms with Gasteiger partial charge in [-0.15, -0.1) is 0 Å². The number of rotatable bonds is 5. The molecule has 1 aromatic heterocycles. The van der Waals surface area contributed by atoms with E-state index in [1.165, 1.54) is 0 Å². The van der Waals surface area contributed by atoms with Crippen molar-refractivity contribution >= 4 is 34.2 Å². The second-order valence-corrected chi connectivity index (χ2v) is 5.82. The molecular formula is C15H16ClIN2O. The van der Waals surface area contributed by atoms with Crippen LogP contribution in [0, 0.1) is 3.57 Å². The summed E-state index contributed by atoms with van der Waals surface area (Å²) in [6, 6.07) is 9.80. The normalized spacial score (nSPS) is 12.2. The maximum absolute atomic E-state index is 6.23. The Morgan fingerprint density at radius 2 is 2.20 bits per heavy atom. The highest BCUT2D eigenvalue weighted by atomic mass is 127. The minimum Gasteiger partial charge on any atom is -0.495 e. The number of benzene rings is 1. The molecule has 20 heavy (non-hydrogen) atoms. The molecule has 0 bridgehead atoms. The summed E-state index contributed by atoms with van der Waals surface area (Å²) in [5.74, 6) is 0.771. The van der Waals surface area contributed by atoms with Gasteiger partial charge in [-0.2, -0.15) is 0 Å². The van der Waals surface area contributed by atoms with Gasteiger partial charge in [-0.1, -0.05) is 24.6 Å². The van der Waals surface area contributed by atoms with Gasteiger partial charge in [0.25, 0.3) is 0 Å². The summed E-state index contributed by atoms with van der Waals surface area (Å²) in [6.07, 6.45) is 1.77. The number of hydrogen-bond donors (Lipinski definition) is 1. The molecule has 1 unspecified atom stereocenters. The molecule has 1 heterocycles. The largest absolute Gasteiger partial charge is 0.495 e. The average molecular weight is 403 g/mol. The first-order valence-electron chi connectivity index (χ1n) is 6.34. The lowest BCUT2D eigenvalue weighted by atomic mass is 10.0. The Morgan fingerprint density at radius 1 is 1.40 bits per heavy atom. The fraction of sp³-hybridized carbons (Fsp3) is 0.267. The molecule has 0 radical (unpaired) electrons. The smallest absolute Gasteiger partial charge is 0.142 e. The monoisotopic (exact) mass is 402 g/mol. The van der Waals surface area contributed by atoms with Crippen molar-refractivity contribution in [2.45, 2.75) is 13.0 Å². The van der Waals surface area contributed by atoms with E-state index in [1.807, 2.05) is 24.3 Å². The Morgan fingerprint density at radius 3 is 2.85 bits per heavy atom. The lowest BCUT2D eigenvalue weighted by Gasteiger charge is -2.20. The van der Waals surface area contributed by atoms with Crippen LogP contribution in [0.4, 0.5) is 0 Å². The summed E-state index contributed by atoms with van der Waals surface area (Å²) in [5.41, 5.74) is 1.95. The molecule has 0 amide bonds. The van der Waals surface area contributed by atoms with Gasteiger partial charge < -0.3 is 10.1 Å². The number of pyridine rings is 1. The van der Waals surface area contributed by atoms with E-state index in [1.54, 1.807) is 13.3 Å². The second-order valence-electron chi connectivity index (χ2n) is 4.26. The molecule has 0 spiro atoms. The lowest BCUT2D eigenvalue weighted by molar-refractivity contribution is 0.400. The summed E-state index contributed by atoms with van der Waals surface area (Å²) < 4.78 is 6.45. The van der Waals surface area contributed by atoms with Crippen molar-refractivity contribution in [3.8, 4) is 5.75 Å². The summed E-state index contributed by atoms with van der Waals surface area (Å²) in [4.78, 5) is 4.46. The van der Waals surface area contributed by atoms with E-state index in [-0.39, 0.29) is 6.04 Å². The first kappa shape index (κ1) is 15.5. The SMILES string of the molecule is CCNC(c1ccc(I)c(Cl)c1)c1ncccc1OC. The van der Waals surface area contributed by atoms with E-state index >= 15 is 0 Å². The van der Waals surface area contributed by atoms with E-state index in [0.717, 1.165) is 32.1 Å². The van der Waals surface area contributed by atoms with E-state index < -0.39 is 0 Å². The van der Waals surface area contributed by atoms with Crippen LogP contribution in [0.2, 0.25) is 5.02 Å². The molecule has 5 heteroatoms. The van der Waals surface area contributed by atoms with Crippen molar-refractivity contribution < 1.29 is 4.74 Å². The Balaban J connectivity index is 2.47. The number of nitrogens with zero attached hydrogens (tertiary/aromatic N) is 1. The highest BCUT2D eigenvalue weighted by molar-refractivity contribution is 14.1. The molecule has 0 saturated heterocycles. The molecule has 1 atom stereocenters. The van der Waals surface area contributed by atoms with E-state index in [2.05, 4.69) is 45.9 Å². The standard InChI is InChI=1S/C15H16ClIN2O/c1-3-18-14(10-6-7-12(17)11(16)9-10)15-13(20-2)5-4-8-19-15/h4-9,14,18H,3H2,1-2H3. The van der Waals surface area contributed by atoms with Crippen LogP contribution in [-0.2, 0) is 0 Å². The zero-order chi connectivity index (χ0) is 14.5. The molecule has 3 nitrogen and oxygen atoms in total. The van der Waals surface area contributed by atoms with Gasteiger partial charge in [0, 0.05) is 9.77 Å². The van der Waals surface area contributed by atoms with Crippen LogP contribution in [0.1, 0.15) is 24.2 Å². The molecule has 2 rings (SSSR count). The third-order valence-electron chi connectivity index (χ3n) is 2.98. The van der Waals surface area contributed by atoms with Crippen molar-refractivity contribution in [2.24, 2.45) is 0 Å². The molecule has 0 aliphatic heterocycles. The Hall–Kier alpha value is -0.850. The number of hydrogen-bond acceptors (Lipinski definition) is 3. The van der Waals surface area contributed by atoms with Gasteiger partial charge >= 0.3 is 0 Å². The van der Waals surface area contributed by atoms with Gasteiger partial charge in [0.15, 0.2) is 0 Å². The summed E-state index contributed by atoms with van der Waals surface area (Å²) >= 11 is 8.45. The number of halogens is 2. The molecule has 1 N–H and O–H groups in total. The van der Waals surface area contributed by atoms with Gasteiger partial charge in [-0.25, -0.2) is 0 Å². The highest BCUT2D eigenvalue weighted by Crippen LogP contribution is 2.30. The number of aromatic nitrogens is 1. The Labute approximate surface area is 137 Å². The van der Waals surface area contributed by atoms with Crippen LogP contribution in [0.15, 0.2) is 36.5 Å². The number of methoxy groups -OCH3 is 1. The maximum Gasteiger partial charge on any atom is 0.142 e. The van der Waals surface area contributed by atoms with Crippen LogP contribution in [0.5, 0.6) is 5.75 Å². The third kappa shape index (κ3) is 3.42. The molecule has 0 aliphatic rings. The summed E-state index contributed by atoms with van der Waals surface area (Å²) in [6.45, 7) is 2.89. The van der Waals surface area contributed by atoms with Crippen LogP contribution in [0.3, 0.4) is 0 Å². The molecule has 2 aromatic rings. The fourth-order valence-electron chi connectivity index (χ4n) is 2.06. The minimum atomic E-state index is -0.0364. The highest BCUT2D eigenvalue weighted by Gasteiger charge is 2.19. The molecule has 0 aliphatic carbocycles. The fourth-order valence-corrected chi connectivity index (χ4v) is 2.59. The lowest BCUT2D eigenvalue weighted by Crippen LogP contribution is -2.23. The molecule has 106 valence electrons. The molecular weight excluding hydrogens is 387 g/mol. The van der Waals surface area contributed by atoms with Crippen LogP contribution in [0.25, 0.3) is 0 Å². The van der Waals surface area contributed by atoms with Crippen molar-refractivity contribution in [3.63, 3.8) is 0 Å². The second kappa shape index (κ2) is 7.24. The molecule has 1 aromatic carbocycles. The Kier molecular flexibility index (Phi) is 5.63. The van der Waals surface area contributed by atoms with Crippen molar-refractivity contribution in [1.82, 2.24) is 10.3 Å². The quantitative estimate of drug-likeness (QED) is 0.766. The van der Waals surface area contributed by atoms with Crippen molar-refractivity contribution in [1.29, 1.82) is 0 Å². The zero-order valence-electron chi connectivity index (χ0n) is 11.4. The van der Waals surface area contributed by atoms with Gasteiger partial charge in [-0.3, -0.25) is 4.98 Å². The van der Waals surface area contributed by atoms with Crippen molar-refractivity contribution in [2.75, 3.05) is 13.7 Å². The van der Waals surface area contributed by atoms with Gasteiger partial charge in [0.2, 0.25) is 0 Å². The van der Waals surface area contributed by atoms with Gasteiger partial charge in [0.05, 0.1) is 18.2 Å². The van der Waals surface area contributed by atoms with Crippen molar-refractivity contribution in [3.05, 3.63) is 56.4 Å². The maximum atomic E-state index is 6.23. The predicted molar refractivity (Wildman–Crippen MR) is 90.5 cm³/mol. The predicted octanol–water partition coefficient (Wildman–Crippen LogP) is 4.05. The van der Waals surface area contributed by atoms with E-state index in [9.17, 15) is 0 Å². The van der Waals surface area contributed by atoms with Crippen LogP contribution in [-0.4, -0.2) is 18.6 Å². The first-order valence-corrected chi connectivity index (χ1v) is 7.80. The Bertz CT molecular complexity index is 592. The van der Waals surface area contributed by atoms with E-state index in [0.29, 0.717) is 0 Å². The molecule has 0 fully saturated rings. The summed E-state index contributed by atoms with van der Waals surface area (Å²) in [5, 5.41) is 4.18. The number of nitrogens with one attached hydrogen (secondary N) is 1. The average Bonchev–Trinajstić information content (AvgIpc) is 2.48. The van der Waals surface area contributed by atoms with Crippen LogP contribution >= 0.6 is 34.2 Å². The number of ether oxygens (including phenoxy) is 1. The first-order chi connectivity index (χ1) is 9.67. The topological polar surface area (TPSA) is 34.2 Å².